The van der Waals surface area contributed by atoms with Crippen LogP contribution in [0.5, 0.6) is 0 Å². The molecule has 0 N–H and O–H groups in total. The minimum Gasteiger partial charge on any atom is -0.355 e. The number of hydroxylamine groups is 2. The molecule has 7 nitrogen and oxygen atoms in total. The van der Waals surface area contributed by atoms with Gasteiger partial charge in [-0.2, -0.15) is 0 Å². The molecule has 1 fully saturated rings. The van der Waals surface area contributed by atoms with Crippen molar-refractivity contribution in [3.05, 3.63) is 40.5 Å². The van der Waals surface area contributed by atoms with E-state index in [0.717, 1.165) is 24.3 Å². The number of rotatable bonds is 6. The first-order valence-corrected chi connectivity index (χ1v) is 8.78. The van der Waals surface area contributed by atoms with Crippen molar-refractivity contribution < 1.29 is 23.6 Å². The fourth-order valence-corrected chi connectivity index (χ4v) is 2.95. The van der Waals surface area contributed by atoms with Gasteiger partial charge in [0.2, 0.25) is 0 Å². The smallest absolute Gasteiger partial charge is 0.283 e. The fraction of sp³-hybridized carbons (Fsp3) is 0.444. The number of hydrogen-bond donors (Lipinski definition) is 0. The molecule has 0 spiro atoms. The predicted octanol–water partition coefficient (Wildman–Crippen LogP) is 3.67. The van der Waals surface area contributed by atoms with E-state index in [4.69, 9.17) is 30.4 Å². The zero-order chi connectivity index (χ0) is 18.5. The average molecular weight is 381 g/mol. The standard InChI is InChI=1S/C18H21ClN2O5/c1-21(23-2)18(22)16-14(11-25-15-9-5-6-10-24-15)20-26-17(16)12-7-3-4-8-13(12)19/h3-4,7-8,15H,5-6,9-11H2,1-2H3. The maximum atomic E-state index is 12.8. The first kappa shape index (κ1) is 18.8. The average Bonchev–Trinajstić information content (AvgIpc) is 3.10. The van der Waals surface area contributed by atoms with Gasteiger partial charge in [-0.15, -0.1) is 0 Å². The van der Waals surface area contributed by atoms with E-state index in [2.05, 4.69) is 5.16 Å². The number of amides is 1. The monoisotopic (exact) mass is 380 g/mol. The lowest BCUT2D eigenvalue weighted by molar-refractivity contribution is -0.169. The molecular weight excluding hydrogens is 360 g/mol. The van der Waals surface area contributed by atoms with Crippen molar-refractivity contribution >= 4 is 17.5 Å². The number of nitrogens with zero attached hydrogens (tertiary/aromatic N) is 2. The highest BCUT2D eigenvalue weighted by atomic mass is 35.5. The predicted molar refractivity (Wildman–Crippen MR) is 94.4 cm³/mol. The Balaban J connectivity index is 1.91. The Morgan fingerprint density at radius 2 is 2.19 bits per heavy atom. The van der Waals surface area contributed by atoms with Crippen molar-refractivity contribution in [1.29, 1.82) is 0 Å². The van der Waals surface area contributed by atoms with Gasteiger partial charge in [-0.05, 0) is 31.4 Å². The number of aromatic nitrogens is 1. The SMILES string of the molecule is CON(C)C(=O)c1c(COC2CCCCO2)noc1-c1ccccc1Cl. The van der Waals surface area contributed by atoms with E-state index < -0.39 is 5.91 Å². The van der Waals surface area contributed by atoms with Crippen molar-refractivity contribution in [2.75, 3.05) is 20.8 Å². The summed E-state index contributed by atoms with van der Waals surface area (Å²) in [6.07, 6.45) is 2.60. The molecule has 1 aromatic heterocycles. The van der Waals surface area contributed by atoms with E-state index >= 15 is 0 Å². The third kappa shape index (κ3) is 4.07. The molecule has 0 aliphatic carbocycles. The first-order valence-electron chi connectivity index (χ1n) is 8.40. The van der Waals surface area contributed by atoms with Crippen molar-refractivity contribution in [3.8, 4) is 11.3 Å². The summed E-state index contributed by atoms with van der Waals surface area (Å²) < 4.78 is 16.8. The molecule has 26 heavy (non-hydrogen) atoms. The first-order chi connectivity index (χ1) is 12.6. The molecular formula is C18H21ClN2O5. The van der Waals surface area contributed by atoms with Crippen molar-refractivity contribution in [2.24, 2.45) is 0 Å². The highest BCUT2D eigenvalue weighted by Crippen LogP contribution is 2.33. The zero-order valence-corrected chi connectivity index (χ0v) is 15.5. The highest BCUT2D eigenvalue weighted by Gasteiger charge is 2.28. The molecule has 0 bridgehead atoms. The number of hydrogen-bond acceptors (Lipinski definition) is 6. The lowest BCUT2D eigenvalue weighted by Crippen LogP contribution is -2.27. The molecule has 1 unspecified atom stereocenters. The molecule has 2 aromatic rings. The molecule has 2 heterocycles. The summed E-state index contributed by atoms with van der Waals surface area (Å²) in [5.74, 6) is -0.112. The summed E-state index contributed by atoms with van der Waals surface area (Å²) in [4.78, 5) is 17.8. The van der Waals surface area contributed by atoms with Gasteiger partial charge in [-0.3, -0.25) is 9.63 Å². The van der Waals surface area contributed by atoms with Gasteiger partial charge < -0.3 is 14.0 Å². The van der Waals surface area contributed by atoms with Gasteiger partial charge in [0.25, 0.3) is 5.91 Å². The van der Waals surface area contributed by atoms with Crippen LogP contribution in [0.3, 0.4) is 0 Å². The summed E-state index contributed by atoms with van der Waals surface area (Å²) in [6.45, 7) is 0.768. The second-order valence-electron chi connectivity index (χ2n) is 5.91. The molecule has 1 saturated heterocycles. The largest absolute Gasteiger partial charge is 0.355 e. The molecule has 1 aliphatic heterocycles. The van der Waals surface area contributed by atoms with Crippen LogP contribution in [0.2, 0.25) is 5.02 Å². The van der Waals surface area contributed by atoms with Gasteiger partial charge in [-0.1, -0.05) is 28.9 Å². The van der Waals surface area contributed by atoms with Crippen LogP contribution < -0.4 is 0 Å². The molecule has 3 rings (SSSR count). The Morgan fingerprint density at radius 1 is 1.38 bits per heavy atom. The van der Waals surface area contributed by atoms with Gasteiger partial charge in [0.05, 0.1) is 18.7 Å². The molecule has 1 amide bonds. The number of halogens is 1. The minimum atomic E-state index is -0.396. The van der Waals surface area contributed by atoms with Crippen molar-refractivity contribution in [1.82, 2.24) is 10.2 Å². The van der Waals surface area contributed by atoms with Crippen LogP contribution in [0.1, 0.15) is 35.3 Å². The van der Waals surface area contributed by atoms with E-state index in [-0.39, 0.29) is 24.2 Å². The van der Waals surface area contributed by atoms with Crippen LogP contribution in [-0.4, -0.2) is 43.2 Å². The van der Waals surface area contributed by atoms with Crippen LogP contribution in [0, 0.1) is 0 Å². The second kappa shape index (κ2) is 8.64. The van der Waals surface area contributed by atoms with Crippen LogP contribution in [0.25, 0.3) is 11.3 Å². The Kier molecular flexibility index (Phi) is 6.26. The zero-order valence-electron chi connectivity index (χ0n) is 14.7. The van der Waals surface area contributed by atoms with Crippen molar-refractivity contribution in [3.63, 3.8) is 0 Å². The Morgan fingerprint density at radius 3 is 2.88 bits per heavy atom. The number of benzene rings is 1. The molecule has 140 valence electrons. The summed E-state index contributed by atoms with van der Waals surface area (Å²) >= 11 is 6.26. The molecule has 8 heteroatoms. The summed E-state index contributed by atoms with van der Waals surface area (Å²) in [5.41, 5.74) is 1.22. The highest BCUT2D eigenvalue weighted by molar-refractivity contribution is 6.33. The molecule has 0 radical (unpaired) electrons. The molecule has 0 saturated carbocycles. The second-order valence-corrected chi connectivity index (χ2v) is 6.31. The van der Waals surface area contributed by atoms with Crippen LogP contribution >= 0.6 is 11.6 Å². The minimum absolute atomic E-state index is 0.0945. The summed E-state index contributed by atoms with van der Waals surface area (Å²) in [5, 5.41) is 5.60. The Labute approximate surface area is 156 Å². The van der Waals surface area contributed by atoms with Gasteiger partial charge in [0.1, 0.15) is 11.3 Å². The Hall–Kier alpha value is -1.93. The fourth-order valence-electron chi connectivity index (χ4n) is 2.73. The van der Waals surface area contributed by atoms with E-state index in [9.17, 15) is 4.79 Å². The van der Waals surface area contributed by atoms with Crippen LogP contribution in [-0.2, 0) is 20.9 Å². The van der Waals surface area contributed by atoms with E-state index in [1.54, 1.807) is 18.2 Å². The van der Waals surface area contributed by atoms with Crippen molar-refractivity contribution in [2.45, 2.75) is 32.2 Å². The Bertz CT molecular complexity index is 758. The van der Waals surface area contributed by atoms with E-state index in [1.165, 1.54) is 14.2 Å². The molecule has 1 aliphatic rings. The summed E-state index contributed by atoms with van der Waals surface area (Å²) in [6, 6.07) is 7.10. The number of ether oxygens (including phenoxy) is 2. The third-order valence-corrected chi connectivity index (χ3v) is 4.53. The number of carbonyl (C=O) groups excluding carboxylic acids is 1. The molecule has 1 atom stereocenters. The van der Waals surface area contributed by atoms with Gasteiger partial charge >= 0.3 is 0 Å². The van der Waals surface area contributed by atoms with Gasteiger partial charge in [0, 0.05) is 19.2 Å². The van der Waals surface area contributed by atoms with E-state index in [0.29, 0.717) is 22.9 Å². The number of carbonyl (C=O) groups is 1. The van der Waals surface area contributed by atoms with Crippen LogP contribution in [0.4, 0.5) is 0 Å². The maximum absolute atomic E-state index is 12.8. The maximum Gasteiger partial charge on any atom is 0.283 e. The lowest BCUT2D eigenvalue weighted by atomic mass is 10.1. The topological polar surface area (TPSA) is 74.0 Å². The lowest BCUT2D eigenvalue weighted by Gasteiger charge is -2.22. The normalized spacial score (nSPS) is 17.3. The quantitative estimate of drug-likeness (QED) is 0.712. The van der Waals surface area contributed by atoms with Gasteiger partial charge in [0.15, 0.2) is 12.1 Å². The third-order valence-electron chi connectivity index (χ3n) is 4.20. The van der Waals surface area contributed by atoms with Gasteiger partial charge in [-0.25, -0.2) is 5.06 Å². The molecule has 1 aromatic carbocycles. The van der Waals surface area contributed by atoms with E-state index in [1.807, 2.05) is 6.07 Å². The van der Waals surface area contributed by atoms with Crippen LogP contribution in [0.15, 0.2) is 28.8 Å². The summed E-state index contributed by atoms with van der Waals surface area (Å²) in [7, 11) is 2.92.